The monoisotopic (exact) mass is 438 g/mol. The summed E-state index contributed by atoms with van der Waals surface area (Å²) < 4.78 is 7.23. The molecule has 28 heavy (non-hydrogen) atoms. The Labute approximate surface area is 170 Å². The molecule has 0 amide bonds. The smallest absolute Gasteiger partial charge is 0.227 e. The average molecular weight is 439 g/mol. The second kappa shape index (κ2) is 7.37. The summed E-state index contributed by atoms with van der Waals surface area (Å²) in [6.07, 6.45) is 5.82. The molecule has 2 aromatic heterocycles. The molecule has 4 aromatic rings. The van der Waals surface area contributed by atoms with Gasteiger partial charge in [0.25, 0.3) is 0 Å². The van der Waals surface area contributed by atoms with E-state index in [1.807, 2.05) is 36.5 Å². The first-order chi connectivity index (χ1) is 13.8. The van der Waals surface area contributed by atoms with Crippen molar-refractivity contribution in [1.29, 1.82) is 0 Å². The van der Waals surface area contributed by atoms with Crippen molar-refractivity contribution in [1.82, 2.24) is 25.5 Å². The number of aromatic nitrogens is 4. The minimum Gasteiger partial charge on any atom is -0.488 e. The van der Waals surface area contributed by atoms with Crippen molar-refractivity contribution in [3.8, 4) is 5.75 Å². The van der Waals surface area contributed by atoms with Crippen LogP contribution in [-0.4, -0.2) is 39.4 Å². The maximum absolute atomic E-state index is 6.28. The van der Waals surface area contributed by atoms with Crippen molar-refractivity contribution in [3.05, 3.63) is 47.2 Å². The Balaban J connectivity index is 1.48. The zero-order valence-electron chi connectivity index (χ0n) is 15.1. The average Bonchev–Trinajstić information content (AvgIpc) is 3.19. The van der Waals surface area contributed by atoms with Crippen LogP contribution in [0.25, 0.3) is 21.8 Å². The van der Waals surface area contributed by atoms with Gasteiger partial charge in [-0.05, 0) is 56.3 Å². The maximum atomic E-state index is 6.28. The predicted octanol–water partition coefficient (Wildman–Crippen LogP) is 4.14. The summed E-state index contributed by atoms with van der Waals surface area (Å²) >= 11 is 3.59. The van der Waals surface area contributed by atoms with Gasteiger partial charge in [0.1, 0.15) is 17.4 Å². The van der Waals surface area contributed by atoms with E-state index in [9.17, 15) is 0 Å². The number of ether oxygens (including phenoxy) is 1. The number of hydrogen-bond acceptors (Lipinski definition) is 6. The number of nitrogens with one attached hydrogen (secondary N) is 3. The van der Waals surface area contributed by atoms with Gasteiger partial charge >= 0.3 is 0 Å². The Kier molecular flexibility index (Phi) is 4.58. The molecule has 7 nitrogen and oxygen atoms in total. The van der Waals surface area contributed by atoms with E-state index in [2.05, 4.69) is 41.7 Å². The molecule has 2 aromatic carbocycles. The fourth-order valence-electron chi connectivity index (χ4n) is 3.45. The van der Waals surface area contributed by atoms with Gasteiger partial charge in [-0.1, -0.05) is 15.9 Å². The van der Waals surface area contributed by atoms with Gasteiger partial charge < -0.3 is 15.4 Å². The van der Waals surface area contributed by atoms with Gasteiger partial charge in [0.15, 0.2) is 0 Å². The molecule has 142 valence electrons. The van der Waals surface area contributed by atoms with Gasteiger partial charge in [0.2, 0.25) is 5.95 Å². The molecule has 0 bridgehead atoms. The molecule has 1 aliphatic rings. The quantitative estimate of drug-likeness (QED) is 0.443. The highest BCUT2D eigenvalue weighted by molar-refractivity contribution is 9.10. The minimum absolute atomic E-state index is 0.208. The van der Waals surface area contributed by atoms with Crippen molar-refractivity contribution < 1.29 is 4.74 Å². The van der Waals surface area contributed by atoms with Crippen LogP contribution in [-0.2, 0) is 0 Å². The number of aromatic amines is 1. The van der Waals surface area contributed by atoms with Crippen LogP contribution >= 0.6 is 15.9 Å². The molecule has 0 radical (unpaired) electrons. The first-order valence-electron chi connectivity index (χ1n) is 9.29. The third-order valence-electron chi connectivity index (χ3n) is 4.94. The molecule has 0 unspecified atom stereocenters. The SMILES string of the molecule is Brc1ccc(OC2CCNCC2)c2nc(Nc3ccc4cn[nH]c4c3)ncc12. The van der Waals surface area contributed by atoms with E-state index in [-0.39, 0.29) is 6.10 Å². The van der Waals surface area contributed by atoms with Crippen LogP contribution in [0, 0.1) is 0 Å². The number of H-pyrrole nitrogens is 1. The standard InChI is InChI=1S/C20H19BrN6O/c21-16-3-4-18(28-14-5-7-22-8-6-14)19-15(16)11-23-20(26-19)25-13-2-1-12-10-24-27-17(12)9-13/h1-4,9-11,14,22H,5-8H2,(H,24,27)(H,23,25,26). The molecule has 3 N–H and O–H groups in total. The van der Waals surface area contributed by atoms with E-state index in [4.69, 9.17) is 9.72 Å². The molecule has 8 heteroatoms. The van der Waals surface area contributed by atoms with Crippen LogP contribution in [0.15, 0.2) is 47.2 Å². The van der Waals surface area contributed by atoms with E-state index in [0.717, 1.165) is 63.6 Å². The first-order valence-corrected chi connectivity index (χ1v) is 10.1. The van der Waals surface area contributed by atoms with Gasteiger partial charge in [-0.3, -0.25) is 5.10 Å². The number of fused-ring (bicyclic) bond motifs is 2. The second-order valence-corrected chi connectivity index (χ2v) is 7.72. The summed E-state index contributed by atoms with van der Waals surface area (Å²) in [5.74, 6) is 1.32. The van der Waals surface area contributed by atoms with Crippen molar-refractivity contribution in [3.63, 3.8) is 0 Å². The zero-order chi connectivity index (χ0) is 18.9. The lowest BCUT2D eigenvalue weighted by Crippen LogP contribution is -2.34. The van der Waals surface area contributed by atoms with Crippen molar-refractivity contribution in [2.75, 3.05) is 18.4 Å². The van der Waals surface area contributed by atoms with Crippen molar-refractivity contribution in [2.45, 2.75) is 18.9 Å². The van der Waals surface area contributed by atoms with Crippen molar-refractivity contribution in [2.24, 2.45) is 0 Å². The number of benzene rings is 2. The molecule has 0 atom stereocenters. The number of nitrogens with zero attached hydrogens (tertiary/aromatic N) is 3. The lowest BCUT2D eigenvalue weighted by molar-refractivity contribution is 0.164. The summed E-state index contributed by atoms with van der Waals surface area (Å²) in [6, 6.07) is 9.94. The summed E-state index contributed by atoms with van der Waals surface area (Å²) in [4.78, 5) is 9.22. The van der Waals surface area contributed by atoms with Crippen LogP contribution in [0.3, 0.4) is 0 Å². The Hall–Kier alpha value is -2.71. The third-order valence-corrected chi connectivity index (χ3v) is 5.63. The molecule has 1 aliphatic heterocycles. The van der Waals surface area contributed by atoms with Gasteiger partial charge in [-0.2, -0.15) is 5.10 Å². The Morgan fingerprint density at radius 3 is 2.89 bits per heavy atom. The number of halogens is 1. The Morgan fingerprint density at radius 1 is 1.11 bits per heavy atom. The van der Waals surface area contributed by atoms with Gasteiger partial charge in [0.05, 0.1) is 11.7 Å². The summed E-state index contributed by atoms with van der Waals surface area (Å²) in [5, 5.41) is 15.7. The lowest BCUT2D eigenvalue weighted by Gasteiger charge is -2.24. The first kappa shape index (κ1) is 17.4. The lowest BCUT2D eigenvalue weighted by atomic mass is 10.1. The molecule has 0 aliphatic carbocycles. The molecular weight excluding hydrogens is 420 g/mol. The van der Waals surface area contributed by atoms with E-state index < -0.39 is 0 Å². The summed E-state index contributed by atoms with van der Waals surface area (Å²) in [7, 11) is 0. The number of piperidine rings is 1. The summed E-state index contributed by atoms with van der Waals surface area (Å²) in [5.41, 5.74) is 2.66. The van der Waals surface area contributed by atoms with Crippen molar-refractivity contribution >= 4 is 49.4 Å². The van der Waals surface area contributed by atoms with Crippen LogP contribution in [0.2, 0.25) is 0 Å². The van der Waals surface area contributed by atoms with Crippen LogP contribution in [0.1, 0.15) is 12.8 Å². The normalized spacial score (nSPS) is 15.2. The molecule has 1 fully saturated rings. The highest BCUT2D eigenvalue weighted by Gasteiger charge is 2.17. The predicted molar refractivity (Wildman–Crippen MR) is 113 cm³/mol. The molecule has 0 saturated carbocycles. The van der Waals surface area contributed by atoms with Crippen LogP contribution in [0.5, 0.6) is 5.75 Å². The summed E-state index contributed by atoms with van der Waals surface area (Å²) in [6.45, 7) is 1.97. The van der Waals surface area contributed by atoms with E-state index >= 15 is 0 Å². The largest absolute Gasteiger partial charge is 0.488 e. The fraction of sp³-hybridized carbons (Fsp3) is 0.250. The Bertz CT molecular complexity index is 1140. The molecule has 1 saturated heterocycles. The zero-order valence-corrected chi connectivity index (χ0v) is 16.7. The highest BCUT2D eigenvalue weighted by Crippen LogP contribution is 2.32. The minimum atomic E-state index is 0.208. The molecule has 5 rings (SSSR count). The second-order valence-electron chi connectivity index (χ2n) is 6.87. The highest BCUT2D eigenvalue weighted by atomic mass is 79.9. The van der Waals surface area contributed by atoms with Gasteiger partial charge in [-0.25, -0.2) is 9.97 Å². The molecular formula is C20H19BrN6O. The number of anilines is 2. The van der Waals surface area contributed by atoms with Gasteiger partial charge in [-0.15, -0.1) is 0 Å². The number of rotatable bonds is 4. The maximum Gasteiger partial charge on any atom is 0.227 e. The molecule has 0 spiro atoms. The molecule has 3 heterocycles. The Morgan fingerprint density at radius 2 is 2.00 bits per heavy atom. The van der Waals surface area contributed by atoms with E-state index in [1.165, 1.54) is 0 Å². The third kappa shape index (κ3) is 3.41. The fourth-order valence-corrected chi connectivity index (χ4v) is 3.88. The number of hydrogen-bond donors (Lipinski definition) is 3. The van der Waals surface area contributed by atoms with Crippen LogP contribution in [0.4, 0.5) is 11.6 Å². The van der Waals surface area contributed by atoms with Gasteiger partial charge in [0, 0.05) is 27.1 Å². The topological polar surface area (TPSA) is 87.8 Å². The van der Waals surface area contributed by atoms with Crippen LogP contribution < -0.4 is 15.4 Å². The van der Waals surface area contributed by atoms with E-state index in [1.54, 1.807) is 6.20 Å². The van der Waals surface area contributed by atoms with E-state index in [0.29, 0.717) is 5.95 Å².